The maximum atomic E-state index is 13.7. The number of carboxylic acid groups (broad SMARTS) is 1. The summed E-state index contributed by atoms with van der Waals surface area (Å²) in [7, 11) is 1.60. The second-order valence-corrected chi connectivity index (χ2v) is 10.8. The Morgan fingerprint density at radius 2 is 1.87 bits per heavy atom. The number of aryl methyl sites for hydroxylation is 1. The summed E-state index contributed by atoms with van der Waals surface area (Å²) in [5, 5.41) is 15.9. The van der Waals surface area contributed by atoms with Gasteiger partial charge in [0.25, 0.3) is 0 Å². The van der Waals surface area contributed by atoms with E-state index in [0.717, 1.165) is 49.8 Å². The number of benzene rings is 1. The molecule has 1 aliphatic heterocycles. The molecule has 1 saturated heterocycles. The van der Waals surface area contributed by atoms with E-state index in [1.54, 1.807) is 24.5 Å². The number of nitrogens with zero attached hydrogens (tertiary/aromatic N) is 2. The van der Waals surface area contributed by atoms with Crippen molar-refractivity contribution in [3.8, 4) is 5.75 Å². The van der Waals surface area contributed by atoms with E-state index in [9.17, 15) is 19.5 Å². The molecule has 3 amide bonds. The van der Waals surface area contributed by atoms with Crippen molar-refractivity contribution in [1.82, 2.24) is 25.5 Å². The molecule has 2 aliphatic rings. The topological polar surface area (TPSA) is 137 Å². The van der Waals surface area contributed by atoms with Crippen LogP contribution in [0.4, 0.5) is 4.79 Å². The van der Waals surface area contributed by atoms with Crippen LogP contribution in [0.1, 0.15) is 62.6 Å². The molecule has 212 valence electrons. The molecule has 10 nitrogen and oxygen atoms in total. The molecule has 0 bridgehead atoms. The zero-order chi connectivity index (χ0) is 27.7. The van der Waals surface area contributed by atoms with Crippen LogP contribution in [0.15, 0.2) is 36.8 Å². The highest BCUT2D eigenvalue weighted by Crippen LogP contribution is 2.46. The van der Waals surface area contributed by atoms with Crippen LogP contribution >= 0.6 is 0 Å². The first-order chi connectivity index (χ1) is 18.9. The first kappa shape index (κ1) is 28.4. The predicted molar refractivity (Wildman–Crippen MR) is 146 cm³/mol. The summed E-state index contributed by atoms with van der Waals surface area (Å²) in [5.41, 5.74) is 1.13. The summed E-state index contributed by atoms with van der Waals surface area (Å²) in [6, 6.07) is 6.27. The first-order valence-corrected chi connectivity index (χ1v) is 14.1. The predicted octanol–water partition coefficient (Wildman–Crippen LogP) is 3.54. The minimum absolute atomic E-state index is 0.168. The summed E-state index contributed by atoms with van der Waals surface area (Å²) in [6.07, 6.45) is 11.3. The molecule has 1 atom stereocenters. The van der Waals surface area contributed by atoms with Gasteiger partial charge in [0.1, 0.15) is 11.8 Å². The van der Waals surface area contributed by atoms with Crippen LogP contribution < -0.4 is 15.4 Å². The van der Waals surface area contributed by atoms with Crippen LogP contribution in [0, 0.1) is 11.3 Å². The normalized spacial score (nSPS) is 18.2. The lowest BCUT2D eigenvalue weighted by Crippen LogP contribution is -2.56. The van der Waals surface area contributed by atoms with Gasteiger partial charge in [0.2, 0.25) is 5.91 Å². The maximum absolute atomic E-state index is 13.7. The molecule has 1 aromatic carbocycles. The van der Waals surface area contributed by atoms with Crippen molar-refractivity contribution in [1.29, 1.82) is 0 Å². The van der Waals surface area contributed by atoms with Crippen molar-refractivity contribution < 1.29 is 24.2 Å². The number of aromatic amines is 1. The van der Waals surface area contributed by atoms with E-state index in [1.165, 1.54) is 6.42 Å². The Labute approximate surface area is 229 Å². The maximum Gasteiger partial charge on any atom is 0.315 e. The zero-order valence-corrected chi connectivity index (χ0v) is 22.8. The number of rotatable bonds is 11. The standard InChI is InChI=1S/C29H41N5O5/c1-39-24-11-9-21(10-12-24)18-25(33-28(38)31-15-5-8-23-19-30-20-32-23)26(35)34-16-13-29(14-17-34,27(36)37)22-6-3-2-4-7-22/h9-12,19-20,22,25H,2-8,13-18H2,1H3,(H,30,32)(H,36,37)(H2,31,33,38). The van der Waals surface area contributed by atoms with Crippen molar-refractivity contribution in [2.24, 2.45) is 11.3 Å². The average Bonchev–Trinajstić information content (AvgIpc) is 3.49. The quantitative estimate of drug-likeness (QED) is 0.323. The second kappa shape index (κ2) is 13.5. The van der Waals surface area contributed by atoms with Gasteiger partial charge in [-0.25, -0.2) is 9.78 Å². The number of nitrogens with one attached hydrogen (secondary N) is 3. The smallest absolute Gasteiger partial charge is 0.315 e. The second-order valence-electron chi connectivity index (χ2n) is 10.8. The lowest BCUT2D eigenvalue weighted by atomic mass is 9.64. The Hall–Kier alpha value is -3.56. The molecule has 1 aromatic heterocycles. The molecular formula is C29H41N5O5. The Balaban J connectivity index is 1.39. The number of piperidine rings is 1. The summed E-state index contributed by atoms with van der Waals surface area (Å²) < 4.78 is 5.24. The number of H-pyrrole nitrogens is 1. The third kappa shape index (κ3) is 7.30. The van der Waals surface area contributed by atoms with Crippen LogP contribution in [0.5, 0.6) is 5.75 Å². The fraction of sp³-hybridized carbons (Fsp3) is 0.586. The minimum Gasteiger partial charge on any atom is -0.497 e. The number of ether oxygens (including phenoxy) is 1. The van der Waals surface area contributed by atoms with Gasteiger partial charge in [-0.2, -0.15) is 0 Å². The molecule has 1 saturated carbocycles. The van der Waals surface area contributed by atoms with Gasteiger partial charge < -0.3 is 30.4 Å². The van der Waals surface area contributed by atoms with Crippen LogP contribution in [0.25, 0.3) is 0 Å². The van der Waals surface area contributed by atoms with E-state index in [-0.39, 0.29) is 11.8 Å². The number of carboxylic acids is 1. The molecule has 4 rings (SSSR count). The number of methoxy groups -OCH3 is 1. The highest BCUT2D eigenvalue weighted by molar-refractivity contribution is 5.87. The number of carbonyl (C=O) groups is 3. The zero-order valence-electron chi connectivity index (χ0n) is 22.8. The fourth-order valence-electron chi connectivity index (χ4n) is 6.11. The van der Waals surface area contributed by atoms with Crippen LogP contribution in [-0.2, 0) is 22.4 Å². The van der Waals surface area contributed by atoms with Crippen LogP contribution in [0.3, 0.4) is 0 Å². The number of carbonyl (C=O) groups excluding carboxylic acids is 2. The van der Waals surface area contributed by atoms with Gasteiger partial charge >= 0.3 is 12.0 Å². The van der Waals surface area contributed by atoms with Crippen LogP contribution in [-0.4, -0.2) is 70.7 Å². The van der Waals surface area contributed by atoms with Gasteiger partial charge in [0.05, 0.1) is 18.9 Å². The Morgan fingerprint density at radius 3 is 2.49 bits per heavy atom. The lowest BCUT2D eigenvalue weighted by Gasteiger charge is -2.45. The third-order valence-electron chi connectivity index (χ3n) is 8.45. The number of hydrogen-bond donors (Lipinski definition) is 4. The summed E-state index contributed by atoms with van der Waals surface area (Å²) >= 11 is 0. The number of imidazole rings is 1. The highest BCUT2D eigenvalue weighted by atomic mass is 16.5. The summed E-state index contributed by atoms with van der Waals surface area (Å²) in [5.74, 6) is -0.0277. The third-order valence-corrected chi connectivity index (χ3v) is 8.45. The van der Waals surface area contributed by atoms with E-state index in [1.807, 2.05) is 24.3 Å². The number of aromatic nitrogens is 2. The van der Waals surface area contributed by atoms with Gasteiger partial charge in [-0.1, -0.05) is 31.4 Å². The number of hydrogen-bond acceptors (Lipinski definition) is 5. The van der Waals surface area contributed by atoms with E-state index >= 15 is 0 Å². The largest absolute Gasteiger partial charge is 0.497 e. The lowest BCUT2D eigenvalue weighted by molar-refractivity contribution is -0.160. The van der Waals surface area contributed by atoms with Gasteiger partial charge in [-0.3, -0.25) is 9.59 Å². The summed E-state index contributed by atoms with van der Waals surface area (Å²) in [6.45, 7) is 1.23. The molecule has 2 heterocycles. The monoisotopic (exact) mass is 539 g/mol. The van der Waals surface area contributed by atoms with Gasteiger partial charge in [0.15, 0.2) is 0 Å². The number of likely N-dealkylation sites (tertiary alicyclic amines) is 1. The number of aliphatic carboxylic acids is 1. The SMILES string of the molecule is COc1ccc(CC(NC(=O)NCCCc2cnc[nH]2)C(=O)N2CCC(C(=O)O)(C3CCCCC3)CC2)cc1. The summed E-state index contributed by atoms with van der Waals surface area (Å²) in [4.78, 5) is 47.7. The van der Waals surface area contributed by atoms with E-state index in [2.05, 4.69) is 20.6 Å². The van der Waals surface area contributed by atoms with Crippen molar-refractivity contribution in [3.63, 3.8) is 0 Å². The minimum atomic E-state index is -0.766. The van der Waals surface area contributed by atoms with Crippen molar-refractivity contribution in [2.45, 2.75) is 70.3 Å². The first-order valence-electron chi connectivity index (χ1n) is 14.1. The Bertz CT molecular complexity index is 1070. The molecule has 1 unspecified atom stereocenters. The van der Waals surface area contributed by atoms with Gasteiger partial charge in [-0.05, 0) is 62.1 Å². The van der Waals surface area contributed by atoms with E-state index < -0.39 is 23.5 Å². The Kier molecular flexibility index (Phi) is 9.84. The van der Waals surface area contributed by atoms with E-state index in [4.69, 9.17) is 4.74 Å². The molecule has 0 spiro atoms. The number of amides is 3. The molecule has 10 heteroatoms. The average molecular weight is 540 g/mol. The van der Waals surface area contributed by atoms with Crippen molar-refractivity contribution in [3.05, 3.63) is 48.0 Å². The van der Waals surface area contributed by atoms with Crippen LogP contribution in [0.2, 0.25) is 0 Å². The van der Waals surface area contributed by atoms with E-state index in [0.29, 0.717) is 44.6 Å². The van der Waals surface area contributed by atoms with Crippen molar-refractivity contribution >= 4 is 17.9 Å². The molecular weight excluding hydrogens is 498 g/mol. The molecule has 1 aliphatic carbocycles. The van der Waals surface area contributed by atoms with Gasteiger partial charge in [-0.15, -0.1) is 0 Å². The molecule has 0 radical (unpaired) electrons. The molecule has 2 fully saturated rings. The van der Waals surface area contributed by atoms with Gasteiger partial charge in [0, 0.05) is 37.9 Å². The van der Waals surface area contributed by atoms with Crippen molar-refractivity contribution in [2.75, 3.05) is 26.7 Å². The molecule has 4 N–H and O–H groups in total. The molecule has 39 heavy (non-hydrogen) atoms. The fourth-order valence-corrected chi connectivity index (χ4v) is 6.11. The molecule has 2 aromatic rings. The number of urea groups is 1. The Morgan fingerprint density at radius 1 is 1.15 bits per heavy atom. The highest BCUT2D eigenvalue weighted by Gasteiger charge is 2.48.